The summed E-state index contributed by atoms with van der Waals surface area (Å²) in [7, 11) is 5.30. The molecule has 0 radical (unpaired) electrons. The van der Waals surface area contributed by atoms with Crippen LogP contribution in [0.5, 0.6) is 11.5 Å². The number of amides is 1. The summed E-state index contributed by atoms with van der Waals surface area (Å²) in [5, 5.41) is 6.26. The monoisotopic (exact) mass is 539 g/mol. The molecule has 0 bridgehead atoms. The highest BCUT2D eigenvalue weighted by molar-refractivity contribution is 6.33. The lowest BCUT2D eigenvalue weighted by Crippen LogP contribution is -2.17. The number of alkyl halides is 3. The molecule has 2 aromatic carbocycles. The number of likely N-dealkylation sites (N-methyl/N-ethyl adjacent to an activating group) is 1. The summed E-state index contributed by atoms with van der Waals surface area (Å²) in [5.41, 5.74) is 1.13. The molecule has 0 spiro atoms. The van der Waals surface area contributed by atoms with Gasteiger partial charge in [-0.2, -0.15) is 0 Å². The van der Waals surface area contributed by atoms with Crippen molar-refractivity contribution in [2.24, 2.45) is 0 Å². The van der Waals surface area contributed by atoms with E-state index in [1.165, 1.54) is 18.5 Å². The van der Waals surface area contributed by atoms with E-state index < -0.39 is 12.1 Å². The molecule has 0 saturated heterocycles. The summed E-state index contributed by atoms with van der Waals surface area (Å²) >= 11 is 6.17. The third-order valence-electron chi connectivity index (χ3n) is 4.71. The van der Waals surface area contributed by atoms with Crippen LogP contribution in [0.4, 0.5) is 30.4 Å². The van der Waals surface area contributed by atoms with Crippen molar-refractivity contribution in [3.63, 3.8) is 0 Å². The molecule has 0 aliphatic rings. The molecular weight excluding hydrogens is 515 g/mol. The molecule has 9 nitrogen and oxygen atoms in total. The van der Waals surface area contributed by atoms with E-state index in [4.69, 9.17) is 21.1 Å². The lowest BCUT2D eigenvalue weighted by Gasteiger charge is -2.15. The second-order valence-electron chi connectivity index (χ2n) is 7.90. The number of aromatic nitrogens is 2. The van der Waals surface area contributed by atoms with Gasteiger partial charge in [-0.15, -0.1) is 13.2 Å². The van der Waals surface area contributed by atoms with E-state index in [0.717, 1.165) is 12.1 Å². The first kappa shape index (κ1) is 28.0. The normalized spacial score (nSPS) is 11.8. The number of nitrogens with zero attached hydrogens (tertiary/aromatic N) is 3. The smallest absolute Gasteiger partial charge is 0.489 e. The number of halogens is 4. The Hall–Kier alpha value is -3.61. The van der Waals surface area contributed by atoms with Gasteiger partial charge in [0.25, 0.3) is 0 Å². The summed E-state index contributed by atoms with van der Waals surface area (Å²) in [5.74, 6) is -0.151. The fourth-order valence-corrected chi connectivity index (χ4v) is 3.32. The molecule has 0 saturated carbocycles. The number of hydrogen-bond donors (Lipinski definition) is 2. The molecule has 0 aliphatic heterocycles. The standard InChI is InChI=1S/C24H25ClF3N5O4/c1-33(2)8-4-5-22(34)31-20-12-16-19(13-21(20)36-10-9-35-3)29-14-30-23(16)32-18-7-6-15(11-17(18)25)37-24(26,27)28/h4-7,11-14H,8-10H2,1-3H3,(H,31,34)(H,29,30,32)/b5-4+. The Balaban J connectivity index is 1.94. The molecule has 0 atom stereocenters. The van der Waals surface area contributed by atoms with Crippen molar-refractivity contribution in [2.75, 3.05) is 51.6 Å². The Morgan fingerprint density at radius 1 is 1.14 bits per heavy atom. The predicted octanol–water partition coefficient (Wildman–Crippen LogP) is 5.01. The van der Waals surface area contributed by atoms with Gasteiger partial charge in [0.15, 0.2) is 0 Å². The minimum Gasteiger partial charge on any atom is -0.489 e. The summed E-state index contributed by atoms with van der Waals surface area (Å²) in [6, 6.07) is 6.76. The van der Waals surface area contributed by atoms with Crippen LogP contribution in [0.2, 0.25) is 5.02 Å². The number of carbonyl (C=O) groups is 1. The zero-order chi connectivity index (χ0) is 27.0. The summed E-state index contributed by atoms with van der Waals surface area (Å²) in [4.78, 5) is 22.9. The molecular formula is C24H25ClF3N5O4. The highest BCUT2D eigenvalue weighted by Crippen LogP contribution is 2.36. The Bertz CT molecular complexity index is 1270. The van der Waals surface area contributed by atoms with E-state index in [1.807, 2.05) is 19.0 Å². The zero-order valence-electron chi connectivity index (χ0n) is 20.2. The van der Waals surface area contributed by atoms with Crippen LogP contribution >= 0.6 is 11.6 Å². The van der Waals surface area contributed by atoms with Gasteiger partial charge in [0, 0.05) is 37.2 Å². The van der Waals surface area contributed by atoms with Crippen LogP contribution in [0, 0.1) is 0 Å². The van der Waals surface area contributed by atoms with Crippen LogP contribution in [0.15, 0.2) is 48.8 Å². The second-order valence-corrected chi connectivity index (χ2v) is 8.30. The van der Waals surface area contributed by atoms with Gasteiger partial charge in [-0.1, -0.05) is 17.7 Å². The van der Waals surface area contributed by atoms with Gasteiger partial charge in [0.05, 0.1) is 28.5 Å². The molecule has 1 heterocycles. The highest BCUT2D eigenvalue weighted by Gasteiger charge is 2.31. The largest absolute Gasteiger partial charge is 0.573 e. The molecule has 13 heteroatoms. The van der Waals surface area contributed by atoms with Crippen molar-refractivity contribution < 1.29 is 32.2 Å². The van der Waals surface area contributed by atoms with E-state index in [-0.39, 0.29) is 23.2 Å². The molecule has 3 rings (SSSR count). The van der Waals surface area contributed by atoms with Crippen molar-refractivity contribution in [2.45, 2.75) is 6.36 Å². The molecule has 1 aromatic heterocycles. The van der Waals surface area contributed by atoms with Gasteiger partial charge in [-0.3, -0.25) is 4.79 Å². The molecule has 198 valence electrons. The fourth-order valence-electron chi connectivity index (χ4n) is 3.10. The Labute approximate surface area is 216 Å². The van der Waals surface area contributed by atoms with Crippen molar-refractivity contribution >= 4 is 45.6 Å². The maximum Gasteiger partial charge on any atom is 0.573 e. The SMILES string of the molecule is COCCOc1cc2ncnc(Nc3ccc(OC(F)(F)F)cc3Cl)c2cc1NC(=O)/C=C/CN(C)C. The van der Waals surface area contributed by atoms with E-state index in [1.54, 1.807) is 25.3 Å². The minimum atomic E-state index is -4.84. The predicted molar refractivity (Wildman–Crippen MR) is 135 cm³/mol. The number of methoxy groups -OCH3 is 1. The molecule has 3 aromatic rings. The average molecular weight is 540 g/mol. The van der Waals surface area contributed by atoms with Crippen LogP contribution in [0.1, 0.15) is 0 Å². The molecule has 0 unspecified atom stereocenters. The van der Waals surface area contributed by atoms with Crippen molar-refractivity contribution in [3.8, 4) is 11.5 Å². The van der Waals surface area contributed by atoms with E-state index in [9.17, 15) is 18.0 Å². The lowest BCUT2D eigenvalue weighted by molar-refractivity contribution is -0.274. The molecule has 2 N–H and O–H groups in total. The average Bonchev–Trinajstić information content (AvgIpc) is 2.80. The third-order valence-corrected chi connectivity index (χ3v) is 5.02. The van der Waals surface area contributed by atoms with Gasteiger partial charge in [0.2, 0.25) is 5.91 Å². The first-order valence-corrected chi connectivity index (χ1v) is 11.3. The fraction of sp³-hybridized carbons (Fsp3) is 0.292. The van der Waals surface area contributed by atoms with Crippen LogP contribution in [0.3, 0.4) is 0 Å². The van der Waals surface area contributed by atoms with Gasteiger partial charge in [-0.25, -0.2) is 9.97 Å². The number of carbonyl (C=O) groups excluding carboxylic acids is 1. The zero-order valence-corrected chi connectivity index (χ0v) is 21.0. The molecule has 1 amide bonds. The number of rotatable bonds is 11. The summed E-state index contributed by atoms with van der Waals surface area (Å²) in [6.45, 7) is 1.15. The van der Waals surface area contributed by atoms with Crippen molar-refractivity contribution in [1.82, 2.24) is 14.9 Å². The van der Waals surface area contributed by atoms with E-state index in [0.29, 0.717) is 41.3 Å². The van der Waals surface area contributed by atoms with Gasteiger partial charge in [-0.05, 0) is 32.3 Å². The number of ether oxygens (including phenoxy) is 3. The van der Waals surface area contributed by atoms with E-state index >= 15 is 0 Å². The Morgan fingerprint density at radius 2 is 1.92 bits per heavy atom. The Kier molecular flexibility index (Phi) is 9.50. The molecule has 0 fully saturated rings. The third kappa shape index (κ3) is 8.48. The van der Waals surface area contributed by atoms with Crippen molar-refractivity contribution in [3.05, 3.63) is 53.8 Å². The van der Waals surface area contributed by atoms with Gasteiger partial charge in [0.1, 0.15) is 30.3 Å². The second kappa shape index (κ2) is 12.6. The topological polar surface area (TPSA) is 97.8 Å². The van der Waals surface area contributed by atoms with Crippen LogP contribution < -0.4 is 20.1 Å². The number of nitrogens with one attached hydrogen (secondary N) is 2. The van der Waals surface area contributed by atoms with E-state index in [2.05, 4.69) is 25.3 Å². The summed E-state index contributed by atoms with van der Waals surface area (Å²) in [6.07, 6.45) is -0.409. The Morgan fingerprint density at radius 3 is 2.59 bits per heavy atom. The molecule has 0 aliphatic carbocycles. The highest BCUT2D eigenvalue weighted by atomic mass is 35.5. The number of anilines is 3. The first-order chi connectivity index (χ1) is 17.6. The summed E-state index contributed by atoms with van der Waals surface area (Å²) < 4.78 is 52.2. The quantitative estimate of drug-likeness (QED) is 0.259. The lowest BCUT2D eigenvalue weighted by atomic mass is 10.1. The van der Waals surface area contributed by atoms with Gasteiger partial charge >= 0.3 is 6.36 Å². The maximum atomic E-state index is 12.5. The number of benzene rings is 2. The minimum absolute atomic E-state index is 0.0208. The molecule has 37 heavy (non-hydrogen) atoms. The van der Waals surface area contributed by atoms with Crippen LogP contribution in [-0.2, 0) is 9.53 Å². The maximum absolute atomic E-state index is 12.5. The number of hydrogen-bond acceptors (Lipinski definition) is 8. The van der Waals surface area contributed by atoms with Gasteiger partial charge < -0.3 is 29.7 Å². The van der Waals surface area contributed by atoms with Crippen LogP contribution in [0.25, 0.3) is 10.9 Å². The first-order valence-electron chi connectivity index (χ1n) is 10.9. The van der Waals surface area contributed by atoms with Crippen molar-refractivity contribution in [1.29, 1.82) is 0 Å². The van der Waals surface area contributed by atoms with Crippen LogP contribution in [-0.4, -0.2) is 68.1 Å². The number of fused-ring (bicyclic) bond motifs is 1.